The first-order valence-corrected chi connectivity index (χ1v) is 17.6. The summed E-state index contributed by atoms with van der Waals surface area (Å²) < 4.78 is 6.99. The summed E-state index contributed by atoms with van der Waals surface area (Å²) in [6.45, 7) is 0. The molecule has 11 rings (SSSR count). The second-order valence-electron chi connectivity index (χ2n) is 13.6. The van der Waals surface area contributed by atoms with Crippen LogP contribution < -0.4 is 0 Å². The van der Waals surface area contributed by atoms with Gasteiger partial charge in [-0.2, -0.15) is 0 Å². The third-order valence-electron chi connectivity index (χ3n) is 10.8. The molecule has 0 aliphatic carbocycles. The van der Waals surface area contributed by atoms with E-state index in [-0.39, 0.29) is 0 Å². The van der Waals surface area contributed by atoms with Crippen LogP contribution in [0.1, 0.15) is 0 Å². The summed E-state index contributed by atoms with van der Waals surface area (Å²) in [5, 5.41) is 13.7. The van der Waals surface area contributed by atoms with Crippen molar-refractivity contribution in [2.45, 2.75) is 0 Å². The summed E-state index contributed by atoms with van der Waals surface area (Å²) in [5.41, 5.74) is 9.13. The molecule has 0 unspecified atom stereocenters. The quantitative estimate of drug-likeness (QED) is 0.173. The summed E-state index contributed by atoms with van der Waals surface area (Å²) in [6.07, 6.45) is 0. The lowest BCUT2D eigenvalue weighted by molar-refractivity contribution is 0.633. The van der Waals surface area contributed by atoms with Gasteiger partial charge in [-0.05, 0) is 99.9 Å². The number of furan rings is 1. The van der Waals surface area contributed by atoms with Crippen LogP contribution in [0.25, 0.3) is 110 Å². The van der Waals surface area contributed by atoms with Gasteiger partial charge in [-0.25, -0.2) is 0 Å². The molecule has 1 heteroatoms. The molecular formula is C50H30O. The number of rotatable bonds is 4. The van der Waals surface area contributed by atoms with E-state index in [1.807, 2.05) is 0 Å². The molecule has 11 aromatic rings. The maximum absolute atomic E-state index is 6.99. The van der Waals surface area contributed by atoms with Crippen LogP contribution in [0, 0.1) is 0 Å². The molecule has 0 saturated carbocycles. The lowest BCUT2D eigenvalue weighted by Crippen LogP contribution is -1.89. The second kappa shape index (κ2) is 10.9. The summed E-state index contributed by atoms with van der Waals surface area (Å²) in [5.74, 6) is 0.896. The van der Waals surface area contributed by atoms with Gasteiger partial charge in [0.05, 0.1) is 0 Å². The van der Waals surface area contributed by atoms with Crippen LogP contribution in [0.4, 0.5) is 0 Å². The van der Waals surface area contributed by atoms with Gasteiger partial charge in [0, 0.05) is 16.5 Å². The molecule has 10 aromatic carbocycles. The van der Waals surface area contributed by atoms with Crippen LogP contribution in [-0.2, 0) is 0 Å². The van der Waals surface area contributed by atoms with Gasteiger partial charge in [0.25, 0.3) is 0 Å². The zero-order valence-corrected chi connectivity index (χ0v) is 27.7. The van der Waals surface area contributed by atoms with Crippen molar-refractivity contribution < 1.29 is 4.42 Å². The van der Waals surface area contributed by atoms with E-state index >= 15 is 0 Å². The first-order valence-electron chi connectivity index (χ1n) is 17.6. The molecule has 0 spiro atoms. The largest absolute Gasteiger partial charge is 0.455 e. The maximum atomic E-state index is 6.99. The summed E-state index contributed by atoms with van der Waals surface area (Å²) in [7, 11) is 0. The fraction of sp³-hybridized carbons (Fsp3) is 0. The van der Waals surface area contributed by atoms with Gasteiger partial charge in [-0.1, -0.05) is 164 Å². The standard InChI is InChI=1S/C50H30O/c1-2-10-32(11-3-1)40-24-19-34-22-27-44-41(25-20-35-21-26-43(40)47(34)48(35)44)37-23-28-45-46(30-37)51-50(38-18-17-31-9-4-5-13-36(31)29-38)49(45)42-16-8-14-33-12-6-7-15-39(33)42/h1-30H. The molecule has 0 atom stereocenters. The predicted molar refractivity (Wildman–Crippen MR) is 217 cm³/mol. The van der Waals surface area contributed by atoms with E-state index in [1.165, 1.54) is 76.1 Å². The first-order chi connectivity index (χ1) is 25.3. The topological polar surface area (TPSA) is 13.1 Å². The Bertz CT molecular complexity index is 3120. The van der Waals surface area contributed by atoms with E-state index < -0.39 is 0 Å². The highest BCUT2D eigenvalue weighted by Crippen LogP contribution is 2.47. The van der Waals surface area contributed by atoms with E-state index in [0.717, 1.165) is 33.4 Å². The Morgan fingerprint density at radius 2 is 0.882 bits per heavy atom. The summed E-state index contributed by atoms with van der Waals surface area (Å²) in [6, 6.07) is 66.1. The van der Waals surface area contributed by atoms with E-state index in [0.29, 0.717) is 0 Å². The molecule has 51 heavy (non-hydrogen) atoms. The molecule has 0 amide bonds. The first kappa shape index (κ1) is 28.2. The van der Waals surface area contributed by atoms with Crippen LogP contribution in [0.2, 0.25) is 0 Å². The van der Waals surface area contributed by atoms with Crippen molar-refractivity contribution in [1.29, 1.82) is 0 Å². The van der Waals surface area contributed by atoms with Crippen molar-refractivity contribution in [2.75, 3.05) is 0 Å². The van der Waals surface area contributed by atoms with Crippen LogP contribution in [-0.4, -0.2) is 0 Å². The SMILES string of the molecule is c1ccc(-c2ccc3ccc4c(-c5ccc6c(-c7cccc8ccccc78)c(-c7ccc8ccccc8c7)oc6c5)ccc5ccc2c3c54)cc1. The van der Waals surface area contributed by atoms with Gasteiger partial charge in [-0.3, -0.25) is 0 Å². The van der Waals surface area contributed by atoms with Crippen molar-refractivity contribution in [3.05, 3.63) is 182 Å². The zero-order chi connectivity index (χ0) is 33.5. The Morgan fingerprint density at radius 1 is 0.294 bits per heavy atom. The molecule has 0 aliphatic rings. The Labute approximate surface area is 295 Å². The van der Waals surface area contributed by atoms with E-state index in [1.54, 1.807) is 0 Å². The fourth-order valence-corrected chi connectivity index (χ4v) is 8.43. The van der Waals surface area contributed by atoms with Gasteiger partial charge in [-0.15, -0.1) is 0 Å². The van der Waals surface area contributed by atoms with Gasteiger partial charge in [0.15, 0.2) is 0 Å². The van der Waals surface area contributed by atoms with E-state index in [2.05, 4.69) is 182 Å². The average molecular weight is 647 g/mol. The molecule has 0 fully saturated rings. The highest BCUT2D eigenvalue weighted by Gasteiger charge is 2.21. The van der Waals surface area contributed by atoms with Crippen LogP contribution >= 0.6 is 0 Å². The fourth-order valence-electron chi connectivity index (χ4n) is 8.43. The Balaban J connectivity index is 1.15. The molecule has 0 saturated heterocycles. The van der Waals surface area contributed by atoms with Gasteiger partial charge in [0.2, 0.25) is 0 Å². The molecule has 0 N–H and O–H groups in total. The number of benzene rings is 10. The normalized spacial score (nSPS) is 11.9. The average Bonchev–Trinajstić information content (AvgIpc) is 3.58. The molecule has 1 heterocycles. The van der Waals surface area contributed by atoms with Crippen molar-refractivity contribution in [3.8, 4) is 44.7 Å². The minimum Gasteiger partial charge on any atom is -0.455 e. The molecular weight excluding hydrogens is 617 g/mol. The summed E-state index contributed by atoms with van der Waals surface area (Å²) >= 11 is 0. The molecule has 0 radical (unpaired) electrons. The molecule has 0 bridgehead atoms. The minimum atomic E-state index is 0.885. The molecule has 1 nitrogen and oxygen atoms in total. The van der Waals surface area contributed by atoms with Crippen LogP contribution in [0.5, 0.6) is 0 Å². The van der Waals surface area contributed by atoms with Crippen molar-refractivity contribution in [3.63, 3.8) is 0 Å². The van der Waals surface area contributed by atoms with Gasteiger partial charge >= 0.3 is 0 Å². The third kappa shape index (κ3) is 4.28. The Morgan fingerprint density at radius 3 is 1.67 bits per heavy atom. The molecule has 0 aliphatic heterocycles. The summed E-state index contributed by atoms with van der Waals surface area (Å²) in [4.78, 5) is 0. The van der Waals surface area contributed by atoms with Crippen molar-refractivity contribution >= 4 is 64.8 Å². The van der Waals surface area contributed by atoms with E-state index in [4.69, 9.17) is 4.42 Å². The van der Waals surface area contributed by atoms with Crippen molar-refractivity contribution in [2.24, 2.45) is 0 Å². The Kier molecular flexibility index (Phi) is 6.02. The van der Waals surface area contributed by atoms with E-state index in [9.17, 15) is 0 Å². The predicted octanol–water partition coefficient (Wildman–Crippen LogP) is 14.3. The lowest BCUT2D eigenvalue weighted by Gasteiger charge is -2.16. The van der Waals surface area contributed by atoms with Crippen LogP contribution in [0.15, 0.2) is 186 Å². The number of hydrogen-bond donors (Lipinski definition) is 0. The van der Waals surface area contributed by atoms with Gasteiger partial charge in [0.1, 0.15) is 11.3 Å². The second-order valence-corrected chi connectivity index (χ2v) is 13.6. The molecule has 1 aromatic heterocycles. The Hall–Kier alpha value is -6.70. The monoisotopic (exact) mass is 646 g/mol. The van der Waals surface area contributed by atoms with Crippen molar-refractivity contribution in [1.82, 2.24) is 0 Å². The highest BCUT2D eigenvalue weighted by atomic mass is 16.3. The lowest BCUT2D eigenvalue weighted by atomic mass is 9.87. The third-order valence-corrected chi connectivity index (χ3v) is 10.8. The van der Waals surface area contributed by atoms with Gasteiger partial charge < -0.3 is 4.42 Å². The maximum Gasteiger partial charge on any atom is 0.143 e. The molecule has 236 valence electrons. The van der Waals surface area contributed by atoms with Crippen LogP contribution in [0.3, 0.4) is 0 Å². The number of hydrogen-bond acceptors (Lipinski definition) is 1. The zero-order valence-electron chi connectivity index (χ0n) is 27.7. The minimum absolute atomic E-state index is 0.885. The smallest absolute Gasteiger partial charge is 0.143 e. The number of fused-ring (bicyclic) bond motifs is 3. The highest BCUT2D eigenvalue weighted by molar-refractivity contribution is 6.27.